The van der Waals surface area contributed by atoms with E-state index in [0.29, 0.717) is 5.56 Å². The van der Waals surface area contributed by atoms with Crippen LogP contribution in [-0.2, 0) is 0 Å². The van der Waals surface area contributed by atoms with Crippen molar-refractivity contribution in [3.63, 3.8) is 0 Å². The molecule has 0 saturated carbocycles. The maximum atomic E-state index is 14.3. The van der Waals surface area contributed by atoms with E-state index in [0.717, 1.165) is 26.3 Å². The van der Waals surface area contributed by atoms with Gasteiger partial charge >= 0.3 is 17.1 Å². The summed E-state index contributed by atoms with van der Waals surface area (Å²) in [5.41, 5.74) is 2.24. The number of carbonyl (C=O) groups excluding carboxylic acids is 1. The van der Waals surface area contributed by atoms with Gasteiger partial charge in [-0.25, -0.2) is 4.39 Å². The van der Waals surface area contributed by atoms with E-state index in [1.165, 1.54) is 18.2 Å². The number of thiophene rings is 1. The van der Waals surface area contributed by atoms with Gasteiger partial charge in [0.1, 0.15) is 5.82 Å². The largest absolute Gasteiger partial charge is 0.537 e. The SMILES string of the molecule is CSc1cc(NC(=O)c2ccc(F)c(C#C[N+]3=c4ccc(N(C)C)cc4=[N+]=C3)c2)cs1. The summed E-state index contributed by atoms with van der Waals surface area (Å²) in [6, 6.07) is 14.9. The molecular weight excluding hydrogens is 431 g/mol. The Morgan fingerprint density at radius 3 is 2.81 bits per heavy atom. The zero-order chi connectivity index (χ0) is 22.0. The molecule has 0 atom stereocenters. The molecule has 1 aliphatic heterocycles. The van der Waals surface area contributed by atoms with E-state index in [9.17, 15) is 9.18 Å². The molecule has 31 heavy (non-hydrogen) atoms. The lowest BCUT2D eigenvalue weighted by Crippen LogP contribution is -2.33. The van der Waals surface area contributed by atoms with E-state index < -0.39 is 5.82 Å². The molecule has 3 aromatic rings. The summed E-state index contributed by atoms with van der Waals surface area (Å²) in [5, 5.41) is 6.34. The molecule has 4 rings (SSSR count). The number of nitrogens with one attached hydrogen (secondary N) is 1. The number of thioether (sulfide) groups is 1. The quantitative estimate of drug-likeness (QED) is 0.287. The van der Waals surface area contributed by atoms with Crippen LogP contribution in [0.1, 0.15) is 15.9 Å². The van der Waals surface area contributed by atoms with Gasteiger partial charge in [-0.05, 0) is 45.8 Å². The number of carbonyl (C=O) groups is 1. The third-order valence-electron chi connectivity index (χ3n) is 4.62. The van der Waals surface area contributed by atoms with Gasteiger partial charge in [0.05, 0.1) is 21.5 Å². The van der Waals surface area contributed by atoms with Crippen molar-refractivity contribution in [3.8, 4) is 12.0 Å². The summed E-state index contributed by atoms with van der Waals surface area (Å²) in [4.78, 5) is 14.6. The van der Waals surface area contributed by atoms with Crippen LogP contribution in [0, 0.1) is 17.8 Å². The first-order valence-electron chi connectivity index (χ1n) is 9.34. The van der Waals surface area contributed by atoms with Crippen LogP contribution >= 0.6 is 23.1 Å². The number of nitrogens with zero attached hydrogens (tertiary/aromatic N) is 3. The molecule has 0 radical (unpaired) electrons. The van der Waals surface area contributed by atoms with Crippen LogP contribution in [0.15, 0.2) is 52.1 Å². The summed E-state index contributed by atoms with van der Waals surface area (Å²) in [7, 11) is 3.92. The molecule has 5 nitrogen and oxygen atoms in total. The molecule has 0 fully saturated rings. The standard InChI is InChI=1S/C23H18FN4OS2/c1-27(2)18-5-7-21-20(12-18)25-14-28(21)9-8-15-10-16(4-6-19(15)24)23(29)26-17-11-22(30-3)31-13-17/h4-7,10-14H,1-3H3/q+1/p+1. The Balaban J connectivity index is 1.61. The number of halogens is 1. The van der Waals surface area contributed by atoms with Gasteiger partial charge in [-0.3, -0.25) is 4.79 Å². The zero-order valence-corrected chi connectivity index (χ0v) is 18.8. The van der Waals surface area contributed by atoms with Gasteiger partial charge < -0.3 is 10.2 Å². The summed E-state index contributed by atoms with van der Waals surface area (Å²) >= 11 is 3.17. The van der Waals surface area contributed by atoms with Gasteiger partial charge in [-0.1, -0.05) is 0 Å². The van der Waals surface area contributed by atoms with Crippen molar-refractivity contribution >= 4 is 46.7 Å². The fourth-order valence-corrected chi connectivity index (χ4v) is 4.28. The smallest absolute Gasteiger partial charge is 0.377 e. The van der Waals surface area contributed by atoms with E-state index in [1.807, 2.05) is 54.9 Å². The zero-order valence-electron chi connectivity index (χ0n) is 17.1. The van der Waals surface area contributed by atoms with E-state index in [-0.39, 0.29) is 11.5 Å². The summed E-state index contributed by atoms with van der Waals surface area (Å²) < 4.78 is 21.5. The van der Waals surface area contributed by atoms with Gasteiger partial charge in [0.25, 0.3) is 5.91 Å². The van der Waals surface area contributed by atoms with Crippen molar-refractivity contribution in [1.29, 1.82) is 0 Å². The molecule has 154 valence electrons. The highest BCUT2D eigenvalue weighted by Crippen LogP contribution is 2.27. The van der Waals surface area contributed by atoms with Gasteiger partial charge in [-0.2, -0.15) is 0 Å². The molecule has 0 bridgehead atoms. The van der Waals surface area contributed by atoms with E-state index in [2.05, 4.69) is 21.9 Å². The minimum absolute atomic E-state index is 0.148. The van der Waals surface area contributed by atoms with E-state index in [1.54, 1.807) is 34.0 Å². The van der Waals surface area contributed by atoms with Crippen molar-refractivity contribution in [3.05, 3.63) is 75.5 Å². The molecule has 0 aliphatic carbocycles. The molecule has 1 N–H and O–H groups in total. The van der Waals surface area contributed by atoms with Gasteiger partial charge in [0.2, 0.25) is 6.04 Å². The molecule has 1 aromatic heterocycles. The highest BCUT2D eigenvalue weighted by molar-refractivity contribution is 8.00. The highest BCUT2D eigenvalue weighted by Gasteiger charge is 2.20. The maximum absolute atomic E-state index is 14.3. The second kappa shape index (κ2) is 8.78. The molecular formula is C23H19FN4OS2+2. The van der Waals surface area contributed by atoms with E-state index in [4.69, 9.17) is 0 Å². The first-order valence-corrected chi connectivity index (χ1v) is 11.4. The van der Waals surface area contributed by atoms with Crippen LogP contribution in [0.3, 0.4) is 0 Å². The third kappa shape index (κ3) is 4.54. The number of hydrogen-bond acceptors (Lipinski definition) is 4. The molecule has 0 saturated heterocycles. The van der Waals surface area contributed by atoms with Gasteiger partial charge in [0, 0.05) is 42.7 Å². The van der Waals surface area contributed by atoms with Gasteiger partial charge in [-0.15, -0.1) is 23.1 Å². The lowest BCUT2D eigenvalue weighted by atomic mass is 10.1. The lowest BCUT2D eigenvalue weighted by molar-refractivity contribution is 0.102. The fourth-order valence-electron chi connectivity index (χ4n) is 2.94. The summed E-state index contributed by atoms with van der Waals surface area (Å²) in [6.45, 7) is 0. The average molecular weight is 451 g/mol. The van der Waals surface area contributed by atoms with Crippen molar-refractivity contribution in [2.45, 2.75) is 4.21 Å². The van der Waals surface area contributed by atoms with Crippen LogP contribution in [0.4, 0.5) is 15.8 Å². The second-order valence-corrected chi connectivity index (χ2v) is 8.94. The highest BCUT2D eigenvalue weighted by atomic mass is 32.2. The topological polar surface area (TPSA) is 49.5 Å². The number of fused-ring (bicyclic) bond motifs is 1. The monoisotopic (exact) mass is 450 g/mol. The first kappa shape index (κ1) is 20.9. The lowest BCUT2D eigenvalue weighted by Gasteiger charge is -2.08. The van der Waals surface area contributed by atoms with Crippen LogP contribution in [0.25, 0.3) is 0 Å². The van der Waals surface area contributed by atoms with E-state index >= 15 is 0 Å². The van der Waals surface area contributed by atoms with Crippen molar-refractivity contribution in [1.82, 2.24) is 9.24 Å². The molecule has 0 unspecified atom stereocenters. The Labute approximate surface area is 187 Å². The number of hydrogen-bond donors (Lipinski definition) is 1. The Bertz CT molecular complexity index is 1410. The molecule has 1 aliphatic rings. The van der Waals surface area contributed by atoms with Crippen molar-refractivity contribution in [2.24, 2.45) is 0 Å². The van der Waals surface area contributed by atoms with Gasteiger partial charge in [0.15, 0.2) is 0 Å². The Morgan fingerprint density at radius 1 is 1.23 bits per heavy atom. The molecule has 2 heterocycles. The van der Waals surface area contributed by atoms with Crippen LogP contribution in [0.2, 0.25) is 0 Å². The predicted molar refractivity (Wildman–Crippen MR) is 126 cm³/mol. The molecule has 1 amide bonds. The number of rotatable bonds is 4. The fraction of sp³-hybridized carbons (Fsp3) is 0.130. The van der Waals surface area contributed by atoms with Crippen molar-refractivity contribution in [2.75, 3.05) is 30.6 Å². The summed E-state index contributed by atoms with van der Waals surface area (Å²) in [6.07, 6.45) is 3.58. The average Bonchev–Trinajstić information content (AvgIpc) is 3.39. The third-order valence-corrected chi connectivity index (χ3v) is 6.65. The maximum Gasteiger partial charge on any atom is 0.537 e. The summed E-state index contributed by atoms with van der Waals surface area (Å²) in [5.74, 6) is 2.03. The van der Waals surface area contributed by atoms with Crippen molar-refractivity contribution < 1.29 is 9.18 Å². The van der Waals surface area contributed by atoms with Crippen LogP contribution < -0.4 is 30.2 Å². The Hall–Kier alpha value is -3.37. The second-order valence-electron chi connectivity index (χ2n) is 6.93. The first-order chi connectivity index (χ1) is 14.9. The molecule has 8 heteroatoms. The Morgan fingerprint density at radius 2 is 2.06 bits per heavy atom. The minimum Gasteiger partial charge on any atom is -0.377 e. The molecule has 0 spiro atoms. The predicted octanol–water partition coefficient (Wildman–Crippen LogP) is 2.16. The molecule has 2 aromatic carbocycles. The van der Waals surface area contributed by atoms with Crippen LogP contribution in [-0.4, -0.2) is 32.6 Å². The number of amides is 1. The van der Waals surface area contributed by atoms with Crippen LogP contribution in [0.5, 0.6) is 0 Å². The Kier molecular flexibility index (Phi) is 5.92. The number of benzene rings is 2. The minimum atomic E-state index is -0.483. The normalized spacial score (nSPS) is 11.4. The number of anilines is 2.